The smallest absolute Gasteiger partial charge is 0.337 e. The van der Waals surface area contributed by atoms with Crippen molar-refractivity contribution in [2.75, 3.05) is 24.6 Å². The van der Waals surface area contributed by atoms with Crippen molar-refractivity contribution in [1.82, 2.24) is 14.6 Å². The van der Waals surface area contributed by atoms with Gasteiger partial charge in [0.15, 0.2) is 11.8 Å². The molecule has 2 atom stereocenters. The van der Waals surface area contributed by atoms with Crippen molar-refractivity contribution >= 4 is 17.4 Å². The molecule has 1 saturated heterocycles. The van der Waals surface area contributed by atoms with E-state index in [4.69, 9.17) is 29.0 Å². The van der Waals surface area contributed by atoms with E-state index < -0.39 is 17.7 Å². The fourth-order valence-corrected chi connectivity index (χ4v) is 5.68. The van der Waals surface area contributed by atoms with Gasteiger partial charge in [-0.1, -0.05) is 12.2 Å². The first kappa shape index (κ1) is 31.9. The number of nitrogens with zero attached hydrogens (tertiary/aromatic N) is 4. The monoisotopic (exact) mass is 610 g/mol. The van der Waals surface area contributed by atoms with Gasteiger partial charge in [0.1, 0.15) is 17.4 Å². The van der Waals surface area contributed by atoms with Gasteiger partial charge in [0.05, 0.1) is 48.4 Å². The maximum atomic E-state index is 14.2. The lowest BCUT2D eigenvalue weighted by Gasteiger charge is -2.41. The van der Waals surface area contributed by atoms with Crippen molar-refractivity contribution < 1.29 is 33.2 Å². The Balaban J connectivity index is 1.57. The van der Waals surface area contributed by atoms with Gasteiger partial charge in [-0.2, -0.15) is 9.61 Å². The molecule has 3 aliphatic rings. The van der Waals surface area contributed by atoms with Crippen LogP contribution in [-0.4, -0.2) is 62.7 Å². The molecule has 1 fully saturated rings. The van der Waals surface area contributed by atoms with E-state index in [0.29, 0.717) is 65.8 Å². The Labute approximate surface area is 257 Å². The van der Waals surface area contributed by atoms with Gasteiger partial charge in [-0.3, -0.25) is 0 Å². The van der Waals surface area contributed by atoms with E-state index in [0.717, 1.165) is 12.8 Å². The van der Waals surface area contributed by atoms with Crippen LogP contribution in [0.5, 0.6) is 5.75 Å². The van der Waals surface area contributed by atoms with E-state index in [1.165, 1.54) is 12.1 Å². The quantitative estimate of drug-likeness (QED) is 0.361. The van der Waals surface area contributed by atoms with Crippen LogP contribution in [0.25, 0.3) is 5.65 Å². The van der Waals surface area contributed by atoms with Crippen LogP contribution in [0.2, 0.25) is 0 Å². The summed E-state index contributed by atoms with van der Waals surface area (Å²) in [4.78, 5) is 19.6. The number of carboxylic acids is 1. The minimum absolute atomic E-state index is 0.118. The summed E-state index contributed by atoms with van der Waals surface area (Å²) in [5, 5.41) is 15.2. The van der Waals surface area contributed by atoms with Gasteiger partial charge in [0, 0.05) is 36.8 Å². The molecule has 4 bridgehead atoms. The molecule has 0 spiro atoms. The molecule has 0 saturated carbocycles. The fourth-order valence-electron chi connectivity index (χ4n) is 5.68. The van der Waals surface area contributed by atoms with Gasteiger partial charge in [-0.05, 0) is 72.6 Å². The zero-order valence-corrected chi connectivity index (χ0v) is 26.4. The van der Waals surface area contributed by atoms with Crippen molar-refractivity contribution in [3.05, 3.63) is 64.7 Å². The Morgan fingerprint density at radius 3 is 2.64 bits per heavy atom. The molecule has 0 aliphatic carbocycles. The Morgan fingerprint density at radius 1 is 1.18 bits per heavy atom. The number of ether oxygens (including phenoxy) is 4. The average Bonchev–Trinajstić information content (AvgIpc) is 3.34. The summed E-state index contributed by atoms with van der Waals surface area (Å²) in [7, 11) is 0. The number of benzene rings is 1. The first-order chi connectivity index (χ1) is 20.8. The maximum Gasteiger partial charge on any atom is 0.337 e. The molecule has 5 heterocycles. The van der Waals surface area contributed by atoms with E-state index >= 15 is 0 Å². The lowest BCUT2D eigenvalue weighted by molar-refractivity contribution is -0.160. The molecule has 3 aliphatic heterocycles. The molecule has 0 amide bonds. The molecule has 0 unspecified atom stereocenters. The van der Waals surface area contributed by atoms with E-state index in [-0.39, 0.29) is 30.7 Å². The van der Waals surface area contributed by atoms with Crippen LogP contribution in [-0.2, 0) is 32.2 Å². The largest absolute Gasteiger partial charge is 0.490 e. The molecule has 11 heteroatoms. The molecule has 44 heavy (non-hydrogen) atoms. The van der Waals surface area contributed by atoms with Gasteiger partial charge in [0.2, 0.25) is 0 Å². The summed E-state index contributed by atoms with van der Waals surface area (Å²) < 4.78 is 40.5. The Bertz CT molecular complexity index is 1520. The molecule has 6 rings (SSSR count). The highest BCUT2D eigenvalue weighted by atomic mass is 19.1. The number of rotatable bonds is 3. The number of carboxylic acid groups (broad SMARTS) is 1. The van der Waals surface area contributed by atoms with Crippen LogP contribution in [0.4, 0.5) is 10.2 Å². The van der Waals surface area contributed by atoms with Crippen LogP contribution in [0, 0.1) is 12.7 Å². The summed E-state index contributed by atoms with van der Waals surface area (Å²) in [6.07, 6.45) is 4.82. The van der Waals surface area contributed by atoms with Crippen LogP contribution >= 0.6 is 0 Å². The first-order valence-corrected chi connectivity index (χ1v) is 15.2. The van der Waals surface area contributed by atoms with Crippen molar-refractivity contribution in [2.45, 2.75) is 97.4 Å². The predicted molar refractivity (Wildman–Crippen MR) is 163 cm³/mol. The second-order valence-corrected chi connectivity index (χ2v) is 12.9. The number of halogens is 1. The van der Waals surface area contributed by atoms with Crippen molar-refractivity contribution in [2.24, 2.45) is 0 Å². The van der Waals surface area contributed by atoms with E-state index in [1.54, 1.807) is 17.5 Å². The number of carbonyl (C=O) groups is 1. The van der Waals surface area contributed by atoms with E-state index in [1.807, 2.05) is 45.9 Å². The minimum atomic E-state index is -1.25. The summed E-state index contributed by atoms with van der Waals surface area (Å²) in [6.45, 7) is 13.4. The highest BCUT2D eigenvalue weighted by Crippen LogP contribution is 2.38. The lowest BCUT2D eigenvalue weighted by Crippen LogP contribution is -2.45. The zero-order chi connectivity index (χ0) is 31.6. The molecule has 3 aromatic rings. The van der Waals surface area contributed by atoms with Crippen LogP contribution in [0.3, 0.4) is 0 Å². The van der Waals surface area contributed by atoms with Gasteiger partial charge in [-0.15, -0.1) is 0 Å². The third kappa shape index (κ3) is 7.39. The van der Waals surface area contributed by atoms with Crippen LogP contribution in [0.15, 0.2) is 36.4 Å². The van der Waals surface area contributed by atoms with Crippen molar-refractivity contribution in [3.8, 4) is 5.75 Å². The Morgan fingerprint density at radius 2 is 1.93 bits per heavy atom. The molecular weight excluding hydrogens is 567 g/mol. The lowest BCUT2D eigenvalue weighted by atomic mass is 9.92. The van der Waals surface area contributed by atoms with Gasteiger partial charge in [0.25, 0.3) is 0 Å². The fraction of sp³-hybridized carbons (Fsp3) is 0.545. The standard InChI is InChI=1S/C33H43FN4O6/c1-21-9-7-8-16-42-33(6)12-14-37(15-13-33)30-28(29(31(39)40)44-32(3,4)5)22(2)35-27-18-25(36-38(27)30)20-41-19-23-17-24(34)10-11-26(23)43-21/h7-8,10-11,17-18,21,29H,9,12-16,19-20H2,1-6H3,(H,39,40)/b8-7-/t21-,29-/m0/s1. The van der Waals surface area contributed by atoms with E-state index in [2.05, 4.69) is 11.8 Å². The highest BCUT2D eigenvalue weighted by Gasteiger charge is 2.37. The predicted octanol–water partition coefficient (Wildman–Crippen LogP) is 5.94. The average molecular weight is 611 g/mol. The van der Waals surface area contributed by atoms with Gasteiger partial charge >= 0.3 is 5.97 Å². The summed E-state index contributed by atoms with van der Waals surface area (Å²) in [5.41, 5.74) is 1.75. The summed E-state index contributed by atoms with van der Waals surface area (Å²) in [5.74, 6) is -0.264. The summed E-state index contributed by atoms with van der Waals surface area (Å²) in [6, 6.07) is 6.25. The van der Waals surface area contributed by atoms with Gasteiger partial charge in [-0.25, -0.2) is 14.2 Å². The third-order valence-corrected chi connectivity index (χ3v) is 7.95. The molecule has 1 aromatic carbocycles. The minimum Gasteiger partial charge on any atom is -0.490 e. The number of hydrogen-bond acceptors (Lipinski definition) is 8. The number of aryl methyl sites for hydroxylation is 1. The number of hydrogen-bond donors (Lipinski definition) is 1. The first-order valence-electron chi connectivity index (χ1n) is 15.2. The molecule has 1 N–H and O–H groups in total. The highest BCUT2D eigenvalue weighted by molar-refractivity contribution is 5.78. The number of anilines is 1. The second-order valence-electron chi connectivity index (χ2n) is 12.9. The number of aliphatic carboxylic acids is 1. The Kier molecular flexibility index (Phi) is 9.29. The molecule has 2 aromatic heterocycles. The number of piperidine rings is 1. The zero-order valence-electron chi connectivity index (χ0n) is 26.4. The molecule has 0 radical (unpaired) electrons. The van der Waals surface area contributed by atoms with Gasteiger partial charge < -0.3 is 29.0 Å². The van der Waals surface area contributed by atoms with Crippen LogP contribution < -0.4 is 9.64 Å². The molecule has 238 valence electrons. The van der Waals surface area contributed by atoms with Crippen LogP contribution in [0.1, 0.15) is 82.5 Å². The Hall–Kier alpha value is -3.54. The maximum absolute atomic E-state index is 14.2. The van der Waals surface area contributed by atoms with E-state index in [9.17, 15) is 14.3 Å². The second kappa shape index (κ2) is 12.8. The molecular formula is C33H43FN4O6. The third-order valence-electron chi connectivity index (χ3n) is 7.95. The number of aromatic nitrogens is 3. The normalized spacial score (nSPS) is 23.2. The number of fused-ring (bicyclic) bond motifs is 9. The van der Waals surface area contributed by atoms with Crippen molar-refractivity contribution in [1.29, 1.82) is 0 Å². The summed E-state index contributed by atoms with van der Waals surface area (Å²) >= 11 is 0. The molecule has 10 nitrogen and oxygen atoms in total. The van der Waals surface area contributed by atoms with Crippen molar-refractivity contribution in [3.63, 3.8) is 0 Å². The SMILES string of the molecule is Cc1nc2cc3nn2c(c1[C@H](OC(C)(C)C)C(=O)O)N1CCC(C)(CC1)OC/C=C\C[C@H](C)Oc1ccc(F)cc1COC3. The topological polar surface area (TPSA) is 108 Å².